The fourth-order valence-electron chi connectivity index (χ4n) is 4.45. The highest BCUT2D eigenvalue weighted by Gasteiger charge is 2.44. The van der Waals surface area contributed by atoms with Gasteiger partial charge in [0.15, 0.2) is 5.78 Å². The topological polar surface area (TPSA) is 80.5 Å². The summed E-state index contributed by atoms with van der Waals surface area (Å²) in [4.78, 5) is 38.6. The number of amides is 1. The number of Topliss-reactive ketones (excluding diaryl/α,β-unsaturated/α-hetero) is 1. The van der Waals surface area contributed by atoms with Crippen molar-refractivity contribution in [2.75, 3.05) is 4.90 Å². The summed E-state index contributed by atoms with van der Waals surface area (Å²) in [5.41, 5.74) is 2.18. The quantitative estimate of drug-likeness (QED) is 0.413. The number of anilines is 1. The normalized spacial score (nSPS) is 20.6. The average Bonchev–Trinajstić information content (AvgIpc) is 2.68. The summed E-state index contributed by atoms with van der Waals surface area (Å²) < 4.78 is 0. The number of halogens is 2. The molecule has 1 heterocycles. The van der Waals surface area contributed by atoms with Gasteiger partial charge in [0.1, 0.15) is 0 Å². The number of carbonyl (C=O) groups excluding carboxylic acids is 2. The molecule has 4 rings (SSSR count). The molecular weight excluding hydrogens is 439 g/mol. The Hall–Kier alpha value is -2.70. The van der Waals surface area contributed by atoms with E-state index in [1.165, 1.54) is 12.1 Å². The molecule has 0 aromatic heterocycles. The van der Waals surface area contributed by atoms with E-state index >= 15 is 0 Å². The number of non-ortho nitro benzene ring substituents is 1. The highest BCUT2D eigenvalue weighted by molar-refractivity contribution is 6.42. The van der Waals surface area contributed by atoms with Crippen LogP contribution in [0.4, 0.5) is 11.4 Å². The van der Waals surface area contributed by atoms with E-state index in [2.05, 4.69) is 0 Å². The van der Waals surface area contributed by atoms with Gasteiger partial charge in [0.05, 0.1) is 15.0 Å². The third kappa shape index (κ3) is 3.98. The minimum Gasteiger partial charge on any atom is -0.294 e. The van der Waals surface area contributed by atoms with Gasteiger partial charge >= 0.3 is 0 Å². The van der Waals surface area contributed by atoms with Crippen molar-refractivity contribution in [3.63, 3.8) is 0 Å². The number of ketones is 1. The summed E-state index contributed by atoms with van der Waals surface area (Å²) in [6.07, 6.45) is 1.01. The standard InChI is InChI=1S/C23H20Cl2N2O4/c1-23(2)11-19-22(20(28)12-23)16(13-3-8-17(24)18(25)9-13)10-21(29)26(19)14-4-6-15(7-5-14)27(30)31/h3-9,16H,10-12H2,1-2H3. The van der Waals surface area contributed by atoms with Crippen LogP contribution in [-0.2, 0) is 9.59 Å². The van der Waals surface area contributed by atoms with Crippen LogP contribution in [0.15, 0.2) is 53.7 Å². The molecule has 2 aliphatic rings. The van der Waals surface area contributed by atoms with Gasteiger partial charge in [-0.15, -0.1) is 0 Å². The minimum atomic E-state index is -0.486. The molecular formula is C23H20Cl2N2O4. The molecule has 0 bridgehead atoms. The fraction of sp³-hybridized carbons (Fsp3) is 0.304. The number of nitro groups is 1. The van der Waals surface area contributed by atoms with Gasteiger partial charge in [-0.1, -0.05) is 43.1 Å². The highest BCUT2D eigenvalue weighted by atomic mass is 35.5. The molecule has 1 amide bonds. The molecule has 31 heavy (non-hydrogen) atoms. The van der Waals surface area contributed by atoms with E-state index in [-0.39, 0.29) is 29.2 Å². The second-order valence-electron chi connectivity index (χ2n) is 8.73. The second kappa shape index (κ2) is 7.77. The molecule has 0 saturated carbocycles. The number of rotatable bonds is 3. The summed E-state index contributed by atoms with van der Waals surface area (Å²) in [5.74, 6) is -0.578. The Balaban J connectivity index is 1.87. The monoisotopic (exact) mass is 458 g/mol. The third-order valence-corrected chi connectivity index (χ3v) is 6.55. The van der Waals surface area contributed by atoms with Crippen molar-refractivity contribution >= 4 is 46.3 Å². The maximum absolute atomic E-state index is 13.3. The fourth-order valence-corrected chi connectivity index (χ4v) is 4.76. The molecule has 1 unspecified atom stereocenters. The van der Waals surface area contributed by atoms with Crippen molar-refractivity contribution in [3.05, 3.63) is 79.5 Å². The van der Waals surface area contributed by atoms with Crippen molar-refractivity contribution in [2.24, 2.45) is 5.41 Å². The van der Waals surface area contributed by atoms with Gasteiger partial charge in [-0.25, -0.2) is 0 Å². The first-order valence-corrected chi connectivity index (χ1v) is 10.6. The molecule has 2 aromatic rings. The zero-order valence-corrected chi connectivity index (χ0v) is 18.5. The van der Waals surface area contributed by atoms with Crippen molar-refractivity contribution in [3.8, 4) is 0 Å². The molecule has 0 spiro atoms. The average molecular weight is 459 g/mol. The zero-order valence-electron chi connectivity index (χ0n) is 17.0. The van der Waals surface area contributed by atoms with Gasteiger partial charge in [0.25, 0.3) is 5.69 Å². The summed E-state index contributed by atoms with van der Waals surface area (Å²) in [6, 6.07) is 11.0. The van der Waals surface area contributed by atoms with Crippen LogP contribution in [0.1, 0.15) is 44.6 Å². The number of allylic oxidation sites excluding steroid dienone is 2. The molecule has 8 heteroatoms. The predicted octanol–water partition coefficient (Wildman–Crippen LogP) is 6.07. The smallest absolute Gasteiger partial charge is 0.269 e. The highest BCUT2D eigenvalue weighted by Crippen LogP contribution is 2.48. The van der Waals surface area contributed by atoms with Crippen LogP contribution in [0, 0.1) is 15.5 Å². The lowest BCUT2D eigenvalue weighted by Crippen LogP contribution is -2.43. The first-order valence-electron chi connectivity index (χ1n) is 9.86. The van der Waals surface area contributed by atoms with E-state index < -0.39 is 10.8 Å². The lowest BCUT2D eigenvalue weighted by molar-refractivity contribution is -0.384. The predicted molar refractivity (Wildman–Crippen MR) is 119 cm³/mol. The molecule has 0 N–H and O–H groups in total. The Kier molecular flexibility index (Phi) is 5.40. The van der Waals surface area contributed by atoms with Crippen molar-refractivity contribution in [2.45, 2.75) is 39.0 Å². The van der Waals surface area contributed by atoms with Crippen LogP contribution < -0.4 is 4.90 Å². The summed E-state index contributed by atoms with van der Waals surface area (Å²) >= 11 is 12.3. The lowest BCUT2D eigenvalue weighted by Gasteiger charge is -2.43. The minimum absolute atomic E-state index is 0.00161. The molecule has 2 aromatic carbocycles. The molecule has 1 aliphatic heterocycles. The summed E-state index contributed by atoms with van der Waals surface area (Å²) in [7, 11) is 0. The molecule has 0 fully saturated rings. The van der Waals surface area contributed by atoms with E-state index in [9.17, 15) is 19.7 Å². The van der Waals surface area contributed by atoms with Crippen LogP contribution >= 0.6 is 23.2 Å². The van der Waals surface area contributed by atoms with Gasteiger partial charge in [-0.05, 0) is 41.7 Å². The maximum atomic E-state index is 13.3. The van der Waals surface area contributed by atoms with Gasteiger partial charge in [-0.3, -0.25) is 24.6 Å². The molecule has 0 saturated heterocycles. The van der Waals surface area contributed by atoms with Crippen molar-refractivity contribution in [1.82, 2.24) is 0 Å². The molecule has 6 nitrogen and oxygen atoms in total. The molecule has 160 valence electrons. The Morgan fingerprint density at radius 3 is 2.32 bits per heavy atom. The Morgan fingerprint density at radius 2 is 1.71 bits per heavy atom. The van der Waals surface area contributed by atoms with Crippen LogP contribution in [0.25, 0.3) is 0 Å². The van der Waals surface area contributed by atoms with Crippen LogP contribution in [0.3, 0.4) is 0 Å². The summed E-state index contributed by atoms with van der Waals surface area (Å²) in [6.45, 7) is 3.99. The molecule has 0 radical (unpaired) electrons. The Bertz CT molecular complexity index is 1140. The first kappa shape index (κ1) is 21.5. The Morgan fingerprint density at radius 1 is 1.03 bits per heavy atom. The third-order valence-electron chi connectivity index (χ3n) is 5.81. The van der Waals surface area contributed by atoms with E-state index in [1.54, 1.807) is 35.2 Å². The van der Waals surface area contributed by atoms with Crippen LogP contribution in [0.5, 0.6) is 0 Å². The van der Waals surface area contributed by atoms with Gasteiger partial charge in [-0.2, -0.15) is 0 Å². The molecule has 1 atom stereocenters. The van der Waals surface area contributed by atoms with Crippen molar-refractivity contribution < 1.29 is 14.5 Å². The number of nitro benzene ring substituents is 1. The maximum Gasteiger partial charge on any atom is 0.269 e. The number of carbonyl (C=O) groups is 2. The van der Waals surface area contributed by atoms with Crippen LogP contribution in [0.2, 0.25) is 10.0 Å². The first-order chi connectivity index (χ1) is 14.6. The van der Waals surface area contributed by atoms with Gasteiger partial charge < -0.3 is 0 Å². The second-order valence-corrected chi connectivity index (χ2v) is 9.55. The van der Waals surface area contributed by atoms with Gasteiger partial charge in [0.2, 0.25) is 5.91 Å². The number of hydrogen-bond donors (Lipinski definition) is 0. The zero-order chi connectivity index (χ0) is 22.5. The number of nitrogens with zero attached hydrogens (tertiary/aromatic N) is 2. The summed E-state index contributed by atoms with van der Waals surface area (Å²) in [5, 5.41) is 11.8. The van der Waals surface area contributed by atoms with E-state index in [0.29, 0.717) is 39.8 Å². The van der Waals surface area contributed by atoms with Crippen LogP contribution in [-0.4, -0.2) is 16.6 Å². The van der Waals surface area contributed by atoms with Gasteiger partial charge in [0, 0.05) is 47.8 Å². The largest absolute Gasteiger partial charge is 0.294 e. The molecule has 1 aliphatic carbocycles. The number of benzene rings is 2. The van der Waals surface area contributed by atoms with E-state index in [4.69, 9.17) is 23.2 Å². The lowest BCUT2D eigenvalue weighted by atomic mass is 9.69. The SMILES string of the molecule is CC1(C)CC(=O)C2=C(C1)N(c1ccc([N+](=O)[O-])cc1)C(=O)CC2c1ccc(Cl)c(Cl)c1. The number of hydrogen-bond acceptors (Lipinski definition) is 4. The van der Waals surface area contributed by atoms with Crippen molar-refractivity contribution in [1.29, 1.82) is 0 Å². The Labute approximate surface area is 189 Å². The van der Waals surface area contributed by atoms with E-state index in [0.717, 1.165) is 5.56 Å². The van der Waals surface area contributed by atoms with E-state index in [1.807, 2.05) is 13.8 Å².